The number of fused-ring (bicyclic) bond motifs is 5. The Morgan fingerprint density at radius 2 is 1.88 bits per heavy atom. The minimum Gasteiger partial charge on any atom is -0.508 e. The molecule has 4 rings (SSSR count). The van der Waals surface area contributed by atoms with Gasteiger partial charge in [0.05, 0.1) is 5.41 Å². The average molecular weight is 328 g/mol. The molecule has 0 unspecified atom stereocenters. The zero-order chi connectivity index (χ0) is 17.3. The molecule has 0 aromatic heterocycles. The van der Waals surface area contributed by atoms with Gasteiger partial charge in [-0.2, -0.15) is 0 Å². The standard InChI is InChI=1S/C21H28O3/c1-12(22)16-6-7-17-15-5-4-13-10-14(23)11-19(24)21(13,3)18(15)8-9-20(16,17)2/h10-11,15-18,23H,4-9H2,1-3H3/t15-,16-,17+,18-,20-,21-/m1/s1. The minimum absolute atomic E-state index is 0.0805. The van der Waals surface area contributed by atoms with Crippen molar-refractivity contribution in [1.29, 1.82) is 0 Å². The fourth-order valence-electron chi connectivity index (χ4n) is 6.96. The highest BCUT2D eigenvalue weighted by Gasteiger charge is 2.61. The largest absolute Gasteiger partial charge is 0.508 e. The fourth-order valence-corrected chi connectivity index (χ4v) is 6.96. The molecule has 0 spiro atoms. The summed E-state index contributed by atoms with van der Waals surface area (Å²) in [5.41, 5.74) is 0.809. The molecule has 3 fully saturated rings. The predicted molar refractivity (Wildman–Crippen MR) is 92.4 cm³/mol. The first-order valence-electron chi connectivity index (χ1n) is 9.45. The van der Waals surface area contributed by atoms with Gasteiger partial charge in [0.25, 0.3) is 0 Å². The summed E-state index contributed by atoms with van der Waals surface area (Å²) in [5, 5.41) is 9.84. The first kappa shape index (κ1) is 16.1. The van der Waals surface area contributed by atoms with E-state index in [4.69, 9.17) is 0 Å². The van der Waals surface area contributed by atoms with Crippen molar-refractivity contribution in [3.63, 3.8) is 0 Å². The predicted octanol–water partition coefficient (Wildman–Crippen LogP) is 4.39. The zero-order valence-corrected chi connectivity index (χ0v) is 15.0. The van der Waals surface area contributed by atoms with Crippen molar-refractivity contribution >= 4 is 11.6 Å². The lowest BCUT2D eigenvalue weighted by atomic mass is 9.47. The highest BCUT2D eigenvalue weighted by atomic mass is 16.3. The Morgan fingerprint density at radius 3 is 2.58 bits per heavy atom. The van der Waals surface area contributed by atoms with Crippen LogP contribution in [-0.4, -0.2) is 16.7 Å². The Balaban J connectivity index is 1.71. The van der Waals surface area contributed by atoms with Gasteiger partial charge in [0, 0.05) is 12.0 Å². The van der Waals surface area contributed by atoms with E-state index in [-0.39, 0.29) is 22.9 Å². The molecule has 3 nitrogen and oxygen atoms in total. The SMILES string of the molecule is CC(=O)[C@H]1CC[C@H]2[C@H]3CCC4=CC(O)=CC(=O)[C@@]4(C)[C@@H]3CC[C@]12C. The molecule has 6 atom stereocenters. The molecule has 0 aliphatic heterocycles. The Bertz CT molecular complexity index is 673. The molecule has 0 amide bonds. The molecule has 3 heteroatoms. The molecule has 4 aliphatic rings. The van der Waals surface area contributed by atoms with E-state index in [1.165, 1.54) is 6.08 Å². The molecule has 0 radical (unpaired) electrons. The van der Waals surface area contributed by atoms with Crippen LogP contribution in [0.4, 0.5) is 0 Å². The molecule has 0 aromatic rings. The van der Waals surface area contributed by atoms with Crippen molar-refractivity contribution in [3.8, 4) is 0 Å². The van der Waals surface area contributed by atoms with Crippen LogP contribution in [0.3, 0.4) is 0 Å². The Kier molecular flexibility index (Phi) is 3.40. The van der Waals surface area contributed by atoms with Gasteiger partial charge in [-0.3, -0.25) is 9.59 Å². The number of ketones is 2. The summed E-state index contributed by atoms with van der Waals surface area (Å²) in [6.07, 6.45) is 9.48. The van der Waals surface area contributed by atoms with Crippen LogP contribution in [0.5, 0.6) is 0 Å². The highest BCUT2D eigenvalue weighted by molar-refractivity contribution is 5.99. The van der Waals surface area contributed by atoms with Gasteiger partial charge < -0.3 is 5.11 Å². The van der Waals surface area contributed by atoms with Crippen LogP contribution in [0.15, 0.2) is 23.5 Å². The third kappa shape index (κ3) is 1.90. The van der Waals surface area contributed by atoms with Crippen molar-refractivity contribution in [2.75, 3.05) is 0 Å². The lowest BCUT2D eigenvalue weighted by molar-refractivity contribution is -0.135. The van der Waals surface area contributed by atoms with Crippen LogP contribution in [0.25, 0.3) is 0 Å². The van der Waals surface area contributed by atoms with Crippen molar-refractivity contribution in [2.24, 2.45) is 34.5 Å². The van der Waals surface area contributed by atoms with Crippen LogP contribution in [0.1, 0.15) is 59.3 Å². The summed E-state index contributed by atoms with van der Waals surface area (Å²) in [6.45, 7) is 6.18. The summed E-state index contributed by atoms with van der Waals surface area (Å²) in [5.74, 6) is 2.21. The summed E-state index contributed by atoms with van der Waals surface area (Å²) in [4.78, 5) is 25.0. The van der Waals surface area contributed by atoms with Crippen LogP contribution >= 0.6 is 0 Å². The van der Waals surface area contributed by atoms with E-state index < -0.39 is 5.41 Å². The highest BCUT2D eigenvalue weighted by Crippen LogP contribution is 2.66. The first-order chi connectivity index (χ1) is 11.3. The van der Waals surface area contributed by atoms with E-state index in [2.05, 4.69) is 13.8 Å². The second kappa shape index (κ2) is 5.06. The third-order valence-electron chi connectivity index (χ3n) is 8.20. The maximum absolute atomic E-state index is 12.8. The van der Waals surface area contributed by atoms with Crippen molar-refractivity contribution in [3.05, 3.63) is 23.5 Å². The topological polar surface area (TPSA) is 54.4 Å². The van der Waals surface area contributed by atoms with Crippen LogP contribution in [0, 0.1) is 34.5 Å². The zero-order valence-electron chi connectivity index (χ0n) is 15.0. The van der Waals surface area contributed by atoms with Gasteiger partial charge >= 0.3 is 0 Å². The second-order valence-electron chi connectivity index (χ2n) is 9.01. The van der Waals surface area contributed by atoms with Gasteiger partial charge in [-0.15, -0.1) is 0 Å². The van der Waals surface area contributed by atoms with Gasteiger partial charge in [-0.25, -0.2) is 0 Å². The maximum Gasteiger partial charge on any atom is 0.169 e. The van der Waals surface area contributed by atoms with E-state index in [0.717, 1.165) is 44.1 Å². The molecule has 0 heterocycles. The molecule has 0 bridgehead atoms. The van der Waals surface area contributed by atoms with Gasteiger partial charge in [-0.1, -0.05) is 12.5 Å². The van der Waals surface area contributed by atoms with Gasteiger partial charge in [-0.05, 0) is 81.6 Å². The molecule has 130 valence electrons. The smallest absolute Gasteiger partial charge is 0.169 e. The minimum atomic E-state index is -0.440. The molecule has 0 aromatic carbocycles. The monoisotopic (exact) mass is 328 g/mol. The van der Waals surface area contributed by atoms with E-state index in [9.17, 15) is 14.7 Å². The Labute approximate surface area is 144 Å². The van der Waals surface area contributed by atoms with Crippen molar-refractivity contribution in [2.45, 2.75) is 59.3 Å². The third-order valence-corrected chi connectivity index (χ3v) is 8.20. The number of rotatable bonds is 1. The van der Waals surface area contributed by atoms with E-state index >= 15 is 0 Å². The molecule has 1 N–H and O–H groups in total. The second-order valence-corrected chi connectivity index (χ2v) is 9.01. The number of carbonyl (C=O) groups excluding carboxylic acids is 2. The van der Waals surface area contributed by atoms with Crippen LogP contribution in [0.2, 0.25) is 0 Å². The summed E-state index contributed by atoms with van der Waals surface area (Å²) in [6, 6.07) is 0. The van der Waals surface area contributed by atoms with Gasteiger partial charge in [0.1, 0.15) is 11.5 Å². The van der Waals surface area contributed by atoms with Crippen molar-refractivity contribution in [1.82, 2.24) is 0 Å². The number of hydrogen-bond donors (Lipinski definition) is 1. The molecule has 0 saturated heterocycles. The first-order valence-corrected chi connectivity index (χ1v) is 9.45. The molecular formula is C21H28O3. The number of aliphatic hydroxyl groups excluding tert-OH is 1. The van der Waals surface area contributed by atoms with Crippen LogP contribution < -0.4 is 0 Å². The maximum atomic E-state index is 12.8. The number of carbonyl (C=O) groups is 2. The van der Waals surface area contributed by atoms with E-state index in [0.29, 0.717) is 23.5 Å². The summed E-state index contributed by atoms with van der Waals surface area (Å²) >= 11 is 0. The lowest BCUT2D eigenvalue weighted by Crippen LogP contribution is -2.53. The number of Topliss-reactive ketones (excluding diaryl/α,β-unsaturated/α-hetero) is 1. The Morgan fingerprint density at radius 1 is 1.12 bits per heavy atom. The Hall–Kier alpha value is -1.38. The van der Waals surface area contributed by atoms with E-state index in [1.807, 2.05) is 6.08 Å². The molecule has 3 saturated carbocycles. The molecular weight excluding hydrogens is 300 g/mol. The van der Waals surface area contributed by atoms with Crippen molar-refractivity contribution < 1.29 is 14.7 Å². The lowest BCUT2D eigenvalue weighted by Gasteiger charge is -2.56. The number of hydrogen-bond acceptors (Lipinski definition) is 3. The van der Waals surface area contributed by atoms with E-state index in [1.54, 1.807) is 6.92 Å². The average Bonchev–Trinajstić information content (AvgIpc) is 2.86. The van der Waals surface area contributed by atoms with Gasteiger partial charge in [0.15, 0.2) is 5.78 Å². The van der Waals surface area contributed by atoms with Crippen LogP contribution in [-0.2, 0) is 9.59 Å². The van der Waals surface area contributed by atoms with Gasteiger partial charge in [0.2, 0.25) is 0 Å². The summed E-state index contributed by atoms with van der Waals surface area (Å²) < 4.78 is 0. The normalized spacial score (nSPS) is 47.2. The fraction of sp³-hybridized carbons (Fsp3) is 0.714. The quantitative estimate of drug-likeness (QED) is 0.777. The molecule has 4 aliphatic carbocycles. The number of allylic oxidation sites excluding steroid dienone is 3. The summed E-state index contributed by atoms with van der Waals surface area (Å²) in [7, 11) is 0. The molecule has 24 heavy (non-hydrogen) atoms. The number of aliphatic hydroxyl groups is 1.